The lowest BCUT2D eigenvalue weighted by atomic mass is 10.1. The van der Waals surface area contributed by atoms with Gasteiger partial charge in [-0.15, -0.1) is 0 Å². The van der Waals surface area contributed by atoms with Gasteiger partial charge in [0.1, 0.15) is 0 Å². The van der Waals surface area contributed by atoms with Crippen molar-refractivity contribution in [2.75, 3.05) is 5.32 Å². The number of nitrogens with one attached hydrogen (secondary N) is 1. The number of anilines is 1. The van der Waals surface area contributed by atoms with Gasteiger partial charge >= 0.3 is 0 Å². The van der Waals surface area contributed by atoms with Gasteiger partial charge in [0.15, 0.2) is 0 Å². The van der Waals surface area contributed by atoms with Gasteiger partial charge in [-0.3, -0.25) is 9.78 Å². The number of carbonyl (C=O) groups excluding carboxylic acids is 1. The van der Waals surface area contributed by atoms with Crippen molar-refractivity contribution in [3.63, 3.8) is 0 Å². The predicted octanol–water partition coefficient (Wildman–Crippen LogP) is 2.84. The van der Waals surface area contributed by atoms with E-state index in [0.717, 1.165) is 17.7 Å². The third kappa shape index (κ3) is 3.58. The highest BCUT2D eigenvalue weighted by atomic mass is 16.1. The molecule has 5 heteroatoms. The van der Waals surface area contributed by atoms with Crippen LogP contribution in [0.3, 0.4) is 0 Å². The molecule has 0 unspecified atom stereocenters. The van der Waals surface area contributed by atoms with Crippen LogP contribution in [0.4, 0.5) is 5.69 Å². The Morgan fingerprint density at radius 1 is 1.09 bits per heavy atom. The Labute approximate surface area is 128 Å². The van der Waals surface area contributed by atoms with Crippen molar-refractivity contribution in [3.8, 4) is 5.69 Å². The Morgan fingerprint density at radius 3 is 2.64 bits per heavy atom. The number of amides is 1. The van der Waals surface area contributed by atoms with Crippen LogP contribution >= 0.6 is 0 Å². The largest absolute Gasteiger partial charge is 0.323 e. The molecule has 0 aliphatic heterocycles. The molecule has 1 amide bonds. The van der Waals surface area contributed by atoms with Crippen LogP contribution in [0.2, 0.25) is 0 Å². The standard InChI is InChI=1S/C17H16N4O/c22-17(7-6-14-4-2-1-3-5-14)20-15-12-19-21(13-15)16-8-10-18-11-9-16/h1-5,8-13H,6-7H2,(H,20,22). The molecule has 3 rings (SSSR count). The maximum absolute atomic E-state index is 12.0. The Hall–Kier alpha value is -2.95. The first kappa shape index (κ1) is 14.0. The third-order valence-corrected chi connectivity index (χ3v) is 3.28. The van der Waals surface area contributed by atoms with E-state index in [2.05, 4.69) is 15.4 Å². The number of carbonyl (C=O) groups is 1. The maximum atomic E-state index is 12.0. The van der Waals surface area contributed by atoms with E-state index in [-0.39, 0.29) is 5.91 Å². The van der Waals surface area contributed by atoms with Gasteiger partial charge in [-0.1, -0.05) is 30.3 Å². The summed E-state index contributed by atoms with van der Waals surface area (Å²) in [6.07, 6.45) is 8.01. The van der Waals surface area contributed by atoms with Crippen LogP contribution in [0.25, 0.3) is 5.69 Å². The molecule has 2 heterocycles. The fourth-order valence-electron chi connectivity index (χ4n) is 2.15. The van der Waals surface area contributed by atoms with Crippen molar-refractivity contribution >= 4 is 11.6 Å². The first-order chi connectivity index (χ1) is 10.8. The van der Waals surface area contributed by atoms with Crippen molar-refractivity contribution in [3.05, 3.63) is 72.8 Å². The van der Waals surface area contributed by atoms with Crippen LogP contribution in [0.5, 0.6) is 0 Å². The Bertz CT molecular complexity index is 738. The van der Waals surface area contributed by atoms with Gasteiger partial charge in [0.05, 0.1) is 23.8 Å². The van der Waals surface area contributed by atoms with E-state index >= 15 is 0 Å². The topological polar surface area (TPSA) is 59.8 Å². The Balaban J connectivity index is 1.57. The molecule has 1 aromatic carbocycles. The van der Waals surface area contributed by atoms with Crippen molar-refractivity contribution in [2.24, 2.45) is 0 Å². The van der Waals surface area contributed by atoms with E-state index in [1.54, 1.807) is 29.5 Å². The van der Waals surface area contributed by atoms with E-state index in [1.807, 2.05) is 42.5 Å². The van der Waals surface area contributed by atoms with Gasteiger partial charge in [0.2, 0.25) is 5.91 Å². The molecule has 0 aliphatic carbocycles. The molecule has 0 saturated carbocycles. The highest BCUT2D eigenvalue weighted by Gasteiger charge is 2.06. The minimum absolute atomic E-state index is 0.0156. The zero-order valence-electron chi connectivity index (χ0n) is 12.0. The Morgan fingerprint density at radius 2 is 1.86 bits per heavy atom. The van der Waals surface area contributed by atoms with E-state index in [9.17, 15) is 4.79 Å². The summed E-state index contributed by atoms with van der Waals surface area (Å²) in [7, 11) is 0. The summed E-state index contributed by atoms with van der Waals surface area (Å²) in [5.74, 6) is -0.0156. The molecule has 110 valence electrons. The smallest absolute Gasteiger partial charge is 0.224 e. The van der Waals surface area contributed by atoms with Crippen LogP contribution in [0.15, 0.2) is 67.3 Å². The number of aryl methyl sites for hydroxylation is 1. The lowest BCUT2D eigenvalue weighted by molar-refractivity contribution is -0.116. The summed E-state index contributed by atoms with van der Waals surface area (Å²) in [5, 5.41) is 7.10. The molecule has 1 N–H and O–H groups in total. The summed E-state index contributed by atoms with van der Waals surface area (Å²) >= 11 is 0. The molecule has 3 aromatic rings. The van der Waals surface area contributed by atoms with Crippen molar-refractivity contribution in [1.29, 1.82) is 0 Å². The van der Waals surface area contributed by atoms with Crippen LogP contribution in [-0.4, -0.2) is 20.7 Å². The van der Waals surface area contributed by atoms with Gasteiger partial charge in [-0.25, -0.2) is 4.68 Å². The van der Waals surface area contributed by atoms with Gasteiger partial charge in [0, 0.05) is 18.8 Å². The minimum Gasteiger partial charge on any atom is -0.323 e. The normalized spacial score (nSPS) is 10.4. The van der Waals surface area contributed by atoms with Gasteiger partial charge < -0.3 is 5.32 Å². The van der Waals surface area contributed by atoms with E-state index < -0.39 is 0 Å². The predicted molar refractivity (Wildman–Crippen MR) is 84.8 cm³/mol. The number of benzene rings is 1. The zero-order valence-corrected chi connectivity index (χ0v) is 12.0. The van der Waals surface area contributed by atoms with Crippen molar-refractivity contribution in [1.82, 2.24) is 14.8 Å². The van der Waals surface area contributed by atoms with E-state index in [0.29, 0.717) is 12.1 Å². The quantitative estimate of drug-likeness (QED) is 0.786. The van der Waals surface area contributed by atoms with E-state index in [4.69, 9.17) is 0 Å². The fraction of sp³-hybridized carbons (Fsp3) is 0.118. The number of aromatic nitrogens is 3. The number of hydrogen-bond acceptors (Lipinski definition) is 3. The molecular formula is C17H16N4O. The third-order valence-electron chi connectivity index (χ3n) is 3.28. The second-order valence-electron chi connectivity index (χ2n) is 4.91. The van der Waals surface area contributed by atoms with Crippen LogP contribution in [-0.2, 0) is 11.2 Å². The summed E-state index contributed by atoms with van der Waals surface area (Å²) < 4.78 is 1.70. The molecule has 0 radical (unpaired) electrons. The lowest BCUT2D eigenvalue weighted by Gasteiger charge is -2.03. The zero-order chi connectivity index (χ0) is 15.2. The SMILES string of the molecule is O=C(CCc1ccccc1)Nc1cnn(-c2ccncc2)c1. The average Bonchev–Trinajstić information content (AvgIpc) is 3.03. The average molecular weight is 292 g/mol. The maximum Gasteiger partial charge on any atom is 0.224 e. The van der Waals surface area contributed by atoms with Crippen LogP contribution < -0.4 is 5.32 Å². The van der Waals surface area contributed by atoms with Crippen molar-refractivity contribution < 1.29 is 4.79 Å². The summed E-state index contributed by atoms with van der Waals surface area (Å²) in [6, 6.07) is 13.7. The van der Waals surface area contributed by atoms with Crippen LogP contribution in [0, 0.1) is 0 Å². The molecular weight excluding hydrogens is 276 g/mol. The highest BCUT2D eigenvalue weighted by Crippen LogP contribution is 2.11. The molecule has 0 saturated heterocycles. The summed E-state index contributed by atoms with van der Waals surface area (Å²) in [5.41, 5.74) is 2.75. The second kappa shape index (κ2) is 6.67. The second-order valence-corrected chi connectivity index (χ2v) is 4.91. The van der Waals surface area contributed by atoms with Gasteiger partial charge in [-0.2, -0.15) is 5.10 Å². The monoisotopic (exact) mass is 292 g/mol. The summed E-state index contributed by atoms with van der Waals surface area (Å²) in [6.45, 7) is 0. The molecule has 0 fully saturated rings. The summed E-state index contributed by atoms with van der Waals surface area (Å²) in [4.78, 5) is 15.9. The van der Waals surface area contributed by atoms with Crippen molar-refractivity contribution in [2.45, 2.75) is 12.8 Å². The Kier molecular flexibility index (Phi) is 4.25. The van der Waals surface area contributed by atoms with Gasteiger partial charge in [0.25, 0.3) is 0 Å². The number of pyridine rings is 1. The van der Waals surface area contributed by atoms with Crippen LogP contribution in [0.1, 0.15) is 12.0 Å². The highest BCUT2D eigenvalue weighted by molar-refractivity contribution is 5.90. The number of rotatable bonds is 5. The molecule has 2 aromatic heterocycles. The van der Waals surface area contributed by atoms with Gasteiger partial charge in [-0.05, 0) is 24.1 Å². The number of hydrogen-bond donors (Lipinski definition) is 1. The lowest BCUT2D eigenvalue weighted by Crippen LogP contribution is -2.11. The molecule has 0 bridgehead atoms. The first-order valence-electron chi connectivity index (χ1n) is 7.10. The molecule has 0 atom stereocenters. The van der Waals surface area contributed by atoms with E-state index in [1.165, 1.54) is 0 Å². The molecule has 5 nitrogen and oxygen atoms in total. The molecule has 22 heavy (non-hydrogen) atoms. The fourth-order valence-corrected chi connectivity index (χ4v) is 2.15. The number of nitrogens with zero attached hydrogens (tertiary/aromatic N) is 3. The molecule has 0 aliphatic rings. The molecule has 0 spiro atoms. The first-order valence-corrected chi connectivity index (χ1v) is 7.10. The minimum atomic E-state index is -0.0156.